The predicted octanol–water partition coefficient (Wildman–Crippen LogP) is 5.11. The molecule has 0 amide bonds. The monoisotopic (exact) mass is 465 g/mol. The van der Waals surface area contributed by atoms with Gasteiger partial charge in [-0.25, -0.2) is 4.98 Å². The zero-order valence-electron chi connectivity index (χ0n) is 19.9. The van der Waals surface area contributed by atoms with E-state index in [1.54, 1.807) is 7.11 Å². The third-order valence-corrected chi connectivity index (χ3v) is 5.70. The quantitative estimate of drug-likeness (QED) is 0.365. The van der Waals surface area contributed by atoms with Crippen molar-refractivity contribution in [3.05, 3.63) is 83.9 Å². The van der Waals surface area contributed by atoms with Gasteiger partial charge in [-0.15, -0.1) is 0 Å². The summed E-state index contributed by atoms with van der Waals surface area (Å²) in [5.74, 6) is 1.60. The maximum Gasteiger partial charge on any atom is 0.142 e. The Hall–Kier alpha value is -4.70. The van der Waals surface area contributed by atoms with Gasteiger partial charge in [-0.1, -0.05) is 30.3 Å². The number of rotatable bonds is 7. The minimum absolute atomic E-state index is 0.153. The largest absolute Gasteiger partial charge is 0.497 e. The minimum Gasteiger partial charge on any atom is -0.497 e. The van der Waals surface area contributed by atoms with Crippen LogP contribution in [0.1, 0.15) is 11.1 Å². The lowest BCUT2D eigenvalue weighted by molar-refractivity contribution is 0.307. The minimum atomic E-state index is 0.153. The summed E-state index contributed by atoms with van der Waals surface area (Å²) in [7, 11) is 5.49. The molecular weight excluding hydrogens is 438 g/mol. The van der Waals surface area contributed by atoms with Crippen molar-refractivity contribution in [3.63, 3.8) is 0 Å². The zero-order chi connectivity index (χ0) is 24.9. The number of methoxy groups -OCH3 is 1. The molecule has 0 saturated heterocycles. The average molecular weight is 466 g/mol. The van der Waals surface area contributed by atoms with Crippen LogP contribution in [-0.2, 0) is 6.61 Å². The van der Waals surface area contributed by atoms with Crippen LogP contribution in [-0.4, -0.2) is 26.2 Å². The molecule has 0 aliphatic heterocycles. The molecule has 0 unspecified atom stereocenters. The van der Waals surface area contributed by atoms with Gasteiger partial charge in [0.1, 0.15) is 35.6 Å². The lowest BCUT2D eigenvalue weighted by atomic mass is 9.97. The Kier molecular flexibility index (Phi) is 6.74. The third kappa shape index (κ3) is 4.97. The van der Waals surface area contributed by atoms with Crippen LogP contribution in [0.5, 0.6) is 11.5 Å². The summed E-state index contributed by atoms with van der Waals surface area (Å²) < 4.78 is 11.4. The number of nitriles is 1. The normalized spacial score (nSPS) is 10.5. The van der Waals surface area contributed by atoms with Gasteiger partial charge in [0.2, 0.25) is 0 Å². The van der Waals surface area contributed by atoms with Crippen molar-refractivity contribution in [1.29, 1.82) is 5.26 Å². The first-order valence-corrected chi connectivity index (χ1v) is 11.0. The van der Waals surface area contributed by atoms with E-state index in [2.05, 4.69) is 11.1 Å². The standard InChI is InChI=1S/C28H27N5O2/c1-33(2)26-13-10-19(14-24(26)30)22-15-25(32-28(31)23(22)16-29)21-6-4-5-7-27(21)35-17-18-8-11-20(34-3)12-9-18/h4-15H,17,30H2,1-3H3,(H2,31,32). The second-order valence-corrected chi connectivity index (χ2v) is 8.23. The lowest BCUT2D eigenvalue weighted by Gasteiger charge is -2.17. The first-order valence-electron chi connectivity index (χ1n) is 11.0. The Morgan fingerprint density at radius 1 is 0.943 bits per heavy atom. The molecule has 7 heteroatoms. The lowest BCUT2D eigenvalue weighted by Crippen LogP contribution is -2.11. The molecule has 0 fully saturated rings. The number of benzene rings is 3. The van der Waals surface area contributed by atoms with Crippen LogP contribution in [0.25, 0.3) is 22.4 Å². The van der Waals surface area contributed by atoms with E-state index in [4.69, 9.17) is 20.9 Å². The van der Waals surface area contributed by atoms with E-state index in [1.165, 1.54) is 0 Å². The number of pyridine rings is 1. The summed E-state index contributed by atoms with van der Waals surface area (Å²) >= 11 is 0. The Balaban J connectivity index is 1.72. The van der Waals surface area contributed by atoms with Gasteiger partial charge in [0.05, 0.1) is 24.2 Å². The number of hydrogen-bond acceptors (Lipinski definition) is 7. The molecule has 4 aromatic rings. The highest BCUT2D eigenvalue weighted by molar-refractivity contribution is 5.84. The zero-order valence-corrected chi connectivity index (χ0v) is 19.9. The van der Waals surface area contributed by atoms with E-state index >= 15 is 0 Å². The highest BCUT2D eigenvalue weighted by Crippen LogP contribution is 2.37. The molecule has 7 nitrogen and oxygen atoms in total. The fourth-order valence-corrected chi connectivity index (χ4v) is 3.86. The first kappa shape index (κ1) is 23.5. The van der Waals surface area contributed by atoms with Gasteiger partial charge in [-0.3, -0.25) is 0 Å². The summed E-state index contributed by atoms with van der Waals surface area (Å²) in [6, 6.07) is 25.1. The highest BCUT2D eigenvalue weighted by Gasteiger charge is 2.17. The number of hydrogen-bond donors (Lipinski definition) is 2. The summed E-state index contributed by atoms with van der Waals surface area (Å²) in [4.78, 5) is 6.46. The predicted molar refractivity (Wildman–Crippen MR) is 140 cm³/mol. The van der Waals surface area contributed by atoms with Gasteiger partial charge in [0.25, 0.3) is 0 Å². The number of aromatic nitrogens is 1. The number of nitrogens with zero attached hydrogens (tertiary/aromatic N) is 3. The molecule has 0 radical (unpaired) electrons. The maximum absolute atomic E-state index is 9.79. The third-order valence-electron chi connectivity index (χ3n) is 5.70. The van der Waals surface area contributed by atoms with Crippen LogP contribution < -0.4 is 25.8 Å². The second kappa shape index (κ2) is 10.1. The summed E-state index contributed by atoms with van der Waals surface area (Å²) in [5.41, 5.74) is 18.2. The molecular formula is C28H27N5O2. The molecule has 0 saturated carbocycles. The van der Waals surface area contributed by atoms with E-state index in [9.17, 15) is 5.26 Å². The van der Waals surface area contributed by atoms with Crippen LogP contribution in [0.2, 0.25) is 0 Å². The maximum atomic E-state index is 9.79. The van der Waals surface area contributed by atoms with Gasteiger partial charge in [0, 0.05) is 25.2 Å². The van der Waals surface area contributed by atoms with Crippen molar-refractivity contribution in [2.24, 2.45) is 0 Å². The Morgan fingerprint density at radius 3 is 2.34 bits per heavy atom. The first-order chi connectivity index (χ1) is 16.9. The van der Waals surface area contributed by atoms with E-state index in [0.29, 0.717) is 34.9 Å². The molecule has 0 spiro atoms. The molecule has 4 N–H and O–H groups in total. The average Bonchev–Trinajstić information content (AvgIpc) is 2.87. The Labute approximate surface area is 205 Å². The van der Waals surface area contributed by atoms with Crippen molar-refractivity contribution in [2.75, 3.05) is 37.6 Å². The van der Waals surface area contributed by atoms with Gasteiger partial charge >= 0.3 is 0 Å². The number of nitrogens with two attached hydrogens (primary N) is 2. The SMILES string of the molecule is COc1ccc(COc2ccccc2-c2cc(-c3ccc(N(C)C)c(N)c3)c(C#N)c(N)n2)cc1. The second-order valence-electron chi connectivity index (χ2n) is 8.23. The molecule has 0 aliphatic carbocycles. The van der Waals surface area contributed by atoms with Gasteiger partial charge in [-0.05, 0) is 53.6 Å². The molecule has 176 valence electrons. The van der Waals surface area contributed by atoms with Crippen molar-refractivity contribution >= 4 is 17.2 Å². The summed E-state index contributed by atoms with van der Waals surface area (Å²) in [5, 5.41) is 9.79. The van der Waals surface area contributed by atoms with Crippen molar-refractivity contribution in [1.82, 2.24) is 4.98 Å². The van der Waals surface area contributed by atoms with Crippen LogP contribution in [0, 0.1) is 11.3 Å². The van der Waals surface area contributed by atoms with Crippen LogP contribution in [0.3, 0.4) is 0 Å². The summed E-state index contributed by atoms with van der Waals surface area (Å²) in [6.45, 7) is 0.377. The van der Waals surface area contributed by atoms with Crippen LogP contribution in [0.4, 0.5) is 17.2 Å². The Bertz CT molecular complexity index is 1390. The molecule has 1 heterocycles. The molecule has 0 atom stereocenters. The van der Waals surface area contributed by atoms with Gasteiger partial charge in [0.15, 0.2) is 0 Å². The van der Waals surface area contributed by atoms with Gasteiger partial charge in [-0.2, -0.15) is 5.26 Å². The molecule has 4 rings (SSSR count). The molecule has 35 heavy (non-hydrogen) atoms. The van der Waals surface area contributed by atoms with E-state index < -0.39 is 0 Å². The number of anilines is 3. The fourth-order valence-electron chi connectivity index (χ4n) is 3.86. The van der Waals surface area contributed by atoms with Crippen molar-refractivity contribution in [2.45, 2.75) is 6.61 Å². The smallest absolute Gasteiger partial charge is 0.142 e. The van der Waals surface area contributed by atoms with Crippen LogP contribution >= 0.6 is 0 Å². The van der Waals surface area contributed by atoms with Crippen LogP contribution in [0.15, 0.2) is 72.8 Å². The number of para-hydroxylation sites is 1. The van der Waals surface area contributed by atoms with E-state index in [-0.39, 0.29) is 5.82 Å². The number of nitrogen functional groups attached to an aromatic ring is 2. The van der Waals surface area contributed by atoms with E-state index in [0.717, 1.165) is 28.1 Å². The van der Waals surface area contributed by atoms with E-state index in [1.807, 2.05) is 91.8 Å². The molecule has 1 aromatic heterocycles. The molecule has 3 aromatic carbocycles. The fraction of sp³-hybridized carbons (Fsp3) is 0.143. The van der Waals surface area contributed by atoms with Crippen molar-refractivity contribution < 1.29 is 9.47 Å². The van der Waals surface area contributed by atoms with Crippen molar-refractivity contribution in [3.8, 4) is 40.0 Å². The van der Waals surface area contributed by atoms with Gasteiger partial charge < -0.3 is 25.8 Å². The topological polar surface area (TPSA) is 110 Å². The molecule has 0 bridgehead atoms. The number of ether oxygens (including phenoxy) is 2. The molecule has 0 aliphatic rings. The highest BCUT2D eigenvalue weighted by atomic mass is 16.5. The Morgan fingerprint density at radius 2 is 1.69 bits per heavy atom. The summed E-state index contributed by atoms with van der Waals surface area (Å²) in [6.07, 6.45) is 0.